The molecule has 1 heterocycles. The first-order chi connectivity index (χ1) is 13.8. The summed E-state index contributed by atoms with van der Waals surface area (Å²) in [4.78, 5) is 0. The van der Waals surface area contributed by atoms with E-state index >= 15 is 0 Å². The number of ether oxygens (including phenoxy) is 2. The molecular formula is C24H25FNO2+. The van der Waals surface area contributed by atoms with E-state index in [-0.39, 0.29) is 5.82 Å². The van der Waals surface area contributed by atoms with E-state index in [4.69, 9.17) is 9.47 Å². The second-order valence-electron chi connectivity index (χ2n) is 7.16. The van der Waals surface area contributed by atoms with Gasteiger partial charge >= 0.3 is 0 Å². The Kier molecular flexibility index (Phi) is 5.88. The van der Waals surface area contributed by atoms with Crippen LogP contribution in [0.3, 0.4) is 0 Å². The Balaban J connectivity index is 1.43. The third-order valence-electron chi connectivity index (χ3n) is 5.23. The van der Waals surface area contributed by atoms with E-state index in [9.17, 15) is 4.39 Å². The fourth-order valence-corrected chi connectivity index (χ4v) is 3.69. The second-order valence-corrected chi connectivity index (χ2v) is 7.16. The molecule has 144 valence electrons. The Bertz CT molecular complexity index is 913. The molecule has 1 atom stereocenters. The first kappa shape index (κ1) is 18.5. The number of hydrogen-bond donors (Lipinski definition) is 1. The van der Waals surface area contributed by atoms with Crippen molar-refractivity contribution in [2.24, 2.45) is 0 Å². The van der Waals surface area contributed by atoms with Gasteiger partial charge in [0.15, 0.2) is 11.5 Å². The van der Waals surface area contributed by atoms with Gasteiger partial charge in [0.1, 0.15) is 12.4 Å². The van der Waals surface area contributed by atoms with Crippen molar-refractivity contribution in [2.75, 3.05) is 13.3 Å². The lowest BCUT2D eigenvalue weighted by Gasteiger charge is -2.17. The van der Waals surface area contributed by atoms with Crippen molar-refractivity contribution >= 4 is 0 Å². The molecule has 0 aliphatic carbocycles. The number of benzene rings is 3. The molecule has 0 saturated heterocycles. The van der Waals surface area contributed by atoms with Gasteiger partial charge in [-0.25, -0.2) is 4.39 Å². The highest BCUT2D eigenvalue weighted by Gasteiger charge is 2.19. The van der Waals surface area contributed by atoms with Gasteiger partial charge in [0.05, 0.1) is 6.54 Å². The molecular weight excluding hydrogens is 353 g/mol. The second kappa shape index (κ2) is 8.89. The van der Waals surface area contributed by atoms with Gasteiger partial charge in [0.25, 0.3) is 0 Å². The molecule has 0 amide bonds. The third-order valence-corrected chi connectivity index (χ3v) is 5.23. The Morgan fingerprint density at radius 1 is 0.893 bits per heavy atom. The van der Waals surface area contributed by atoms with Crippen molar-refractivity contribution in [3.8, 4) is 11.5 Å². The largest absolute Gasteiger partial charge is 0.454 e. The van der Waals surface area contributed by atoms with Crippen molar-refractivity contribution in [3.63, 3.8) is 0 Å². The van der Waals surface area contributed by atoms with Gasteiger partial charge in [0, 0.05) is 12.0 Å². The molecule has 3 nitrogen and oxygen atoms in total. The maximum absolute atomic E-state index is 13.8. The molecule has 0 bridgehead atoms. The highest BCUT2D eigenvalue weighted by molar-refractivity contribution is 5.45. The minimum absolute atomic E-state index is 0.129. The molecule has 0 fully saturated rings. The highest BCUT2D eigenvalue weighted by Crippen LogP contribution is 2.36. The van der Waals surface area contributed by atoms with Gasteiger partial charge in [-0.3, -0.25) is 0 Å². The van der Waals surface area contributed by atoms with E-state index in [0.29, 0.717) is 19.3 Å². The van der Waals surface area contributed by atoms with Gasteiger partial charge in [-0.1, -0.05) is 54.6 Å². The van der Waals surface area contributed by atoms with Crippen LogP contribution in [0.25, 0.3) is 0 Å². The molecule has 3 aromatic rings. The van der Waals surface area contributed by atoms with Crippen molar-refractivity contribution in [1.82, 2.24) is 0 Å². The lowest BCUT2D eigenvalue weighted by molar-refractivity contribution is -0.671. The molecule has 0 radical (unpaired) electrons. The number of halogens is 1. The van der Waals surface area contributed by atoms with Crippen LogP contribution < -0.4 is 14.8 Å². The van der Waals surface area contributed by atoms with Crippen LogP contribution in [0.4, 0.5) is 4.39 Å². The van der Waals surface area contributed by atoms with Crippen LogP contribution in [0, 0.1) is 5.82 Å². The van der Waals surface area contributed by atoms with E-state index in [1.165, 1.54) is 17.2 Å². The van der Waals surface area contributed by atoms with Gasteiger partial charge < -0.3 is 14.8 Å². The molecule has 0 spiro atoms. The summed E-state index contributed by atoms with van der Waals surface area (Å²) in [5, 5.41) is 2.18. The van der Waals surface area contributed by atoms with Crippen LogP contribution in [0.1, 0.15) is 29.0 Å². The molecule has 3 aromatic carbocycles. The van der Waals surface area contributed by atoms with Crippen molar-refractivity contribution < 1.29 is 19.2 Å². The zero-order chi connectivity index (χ0) is 19.2. The summed E-state index contributed by atoms with van der Waals surface area (Å²) in [6.07, 6.45) is 1.97. The summed E-state index contributed by atoms with van der Waals surface area (Å²) in [5.41, 5.74) is 3.33. The molecule has 4 rings (SSSR count). The standard InChI is InChI=1S/C24H24FNO2/c25-22-9-5-4-8-21(22)16-26-13-12-20(14-18-6-2-1-3-7-18)19-10-11-23-24(15-19)28-17-27-23/h1-11,15,20,26H,12-14,16-17H2/p+1/t20-/m0/s1. The maximum Gasteiger partial charge on any atom is 0.231 e. The van der Waals surface area contributed by atoms with Crippen LogP contribution in [0.15, 0.2) is 72.8 Å². The predicted molar refractivity (Wildman–Crippen MR) is 107 cm³/mol. The first-order valence-corrected chi connectivity index (χ1v) is 9.78. The molecule has 2 N–H and O–H groups in total. The van der Waals surface area contributed by atoms with E-state index in [2.05, 4.69) is 41.7 Å². The summed E-state index contributed by atoms with van der Waals surface area (Å²) in [7, 11) is 0. The fraction of sp³-hybridized carbons (Fsp3) is 0.250. The average Bonchev–Trinajstić information content (AvgIpc) is 3.20. The van der Waals surface area contributed by atoms with Crippen molar-refractivity contribution in [2.45, 2.75) is 25.3 Å². The highest BCUT2D eigenvalue weighted by atomic mass is 19.1. The lowest BCUT2D eigenvalue weighted by Crippen LogP contribution is -2.82. The summed E-state index contributed by atoms with van der Waals surface area (Å²) in [5.74, 6) is 1.88. The number of nitrogens with two attached hydrogens (primary N) is 1. The Morgan fingerprint density at radius 2 is 1.68 bits per heavy atom. The summed E-state index contributed by atoms with van der Waals surface area (Å²) in [6, 6.07) is 23.8. The van der Waals surface area contributed by atoms with E-state index in [1.807, 2.05) is 24.3 Å². The summed E-state index contributed by atoms with van der Waals surface area (Å²) in [6.45, 7) is 1.88. The molecule has 1 aliphatic heterocycles. The number of rotatable bonds is 8. The van der Waals surface area contributed by atoms with E-state index < -0.39 is 0 Å². The van der Waals surface area contributed by atoms with Gasteiger partial charge in [0.2, 0.25) is 6.79 Å². The minimum atomic E-state index is -0.129. The Morgan fingerprint density at radius 3 is 2.54 bits per heavy atom. The van der Waals surface area contributed by atoms with E-state index in [0.717, 1.165) is 36.4 Å². The number of quaternary nitrogens is 1. The first-order valence-electron chi connectivity index (χ1n) is 9.78. The molecule has 28 heavy (non-hydrogen) atoms. The summed E-state index contributed by atoms with van der Waals surface area (Å²) < 4.78 is 24.8. The SMILES string of the molecule is Fc1ccccc1C[NH2+]CC[C@@H](Cc1ccccc1)c1ccc2c(c1)OCO2. The van der Waals surface area contributed by atoms with Crippen LogP contribution >= 0.6 is 0 Å². The van der Waals surface area contributed by atoms with E-state index in [1.54, 1.807) is 6.07 Å². The fourth-order valence-electron chi connectivity index (χ4n) is 3.69. The zero-order valence-electron chi connectivity index (χ0n) is 15.8. The maximum atomic E-state index is 13.8. The van der Waals surface area contributed by atoms with Crippen molar-refractivity contribution in [1.29, 1.82) is 0 Å². The van der Waals surface area contributed by atoms with Gasteiger partial charge in [-0.05, 0) is 41.7 Å². The third kappa shape index (κ3) is 4.52. The van der Waals surface area contributed by atoms with Gasteiger partial charge in [-0.15, -0.1) is 0 Å². The normalized spacial score (nSPS) is 13.5. The average molecular weight is 378 g/mol. The monoisotopic (exact) mass is 378 g/mol. The smallest absolute Gasteiger partial charge is 0.231 e. The Hall–Kier alpha value is -2.85. The summed E-state index contributed by atoms with van der Waals surface area (Å²) >= 11 is 0. The molecule has 0 unspecified atom stereocenters. The van der Waals surface area contributed by atoms with Crippen LogP contribution in [-0.2, 0) is 13.0 Å². The lowest BCUT2D eigenvalue weighted by atomic mass is 9.89. The Labute approximate surface area is 165 Å². The topological polar surface area (TPSA) is 35.1 Å². The molecule has 4 heteroatoms. The van der Waals surface area contributed by atoms with Crippen LogP contribution in [-0.4, -0.2) is 13.3 Å². The molecule has 0 aromatic heterocycles. The number of hydrogen-bond acceptors (Lipinski definition) is 2. The molecule has 1 aliphatic rings. The van der Waals surface area contributed by atoms with Crippen LogP contribution in [0.5, 0.6) is 11.5 Å². The zero-order valence-corrected chi connectivity index (χ0v) is 15.8. The quantitative estimate of drug-likeness (QED) is 0.601. The van der Waals surface area contributed by atoms with Gasteiger partial charge in [-0.2, -0.15) is 0 Å². The number of fused-ring (bicyclic) bond motifs is 1. The predicted octanol–water partition coefficient (Wildman–Crippen LogP) is 4.03. The molecule has 0 saturated carbocycles. The van der Waals surface area contributed by atoms with Crippen molar-refractivity contribution in [3.05, 3.63) is 95.3 Å². The van der Waals surface area contributed by atoms with Crippen LogP contribution in [0.2, 0.25) is 0 Å². The minimum Gasteiger partial charge on any atom is -0.454 e.